The van der Waals surface area contributed by atoms with Gasteiger partial charge in [-0.15, -0.1) is 0 Å². The summed E-state index contributed by atoms with van der Waals surface area (Å²) in [5.74, 6) is -0.211. The molecule has 1 N–H and O–H groups in total. The van der Waals surface area contributed by atoms with Crippen LogP contribution in [0.4, 0.5) is 0 Å². The fourth-order valence-electron chi connectivity index (χ4n) is 6.40. The Morgan fingerprint density at radius 3 is 2.58 bits per heavy atom. The Morgan fingerprint density at radius 1 is 0.944 bits per heavy atom. The average molecular weight is 481 g/mol. The van der Waals surface area contributed by atoms with Gasteiger partial charge in [0.15, 0.2) is 0 Å². The van der Waals surface area contributed by atoms with Crippen LogP contribution >= 0.6 is 0 Å². The maximum Gasteiger partial charge on any atom is 0.327 e. The first-order valence-corrected chi connectivity index (χ1v) is 13.1. The predicted octanol–water partition coefficient (Wildman–Crippen LogP) is 5.76. The fourth-order valence-corrected chi connectivity index (χ4v) is 6.40. The number of hydrogen-bond donors (Lipinski definition) is 1. The van der Waals surface area contributed by atoms with Crippen LogP contribution in [0.2, 0.25) is 0 Å². The van der Waals surface area contributed by atoms with Crippen LogP contribution in [-0.2, 0) is 20.7 Å². The number of carbonyl (C=O) groups excluding carboxylic acids is 2. The number of nitrogens with zero attached hydrogens (tertiary/aromatic N) is 1. The molecule has 5 nitrogen and oxygen atoms in total. The predicted molar refractivity (Wildman–Crippen MR) is 140 cm³/mol. The number of benzene rings is 3. The van der Waals surface area contributed by atoms with Gasteiger partial charge in [0.25, 0.3) is 5.91 Å². The topological polar surface area (TPSA) is 58.6 Å². The van der Waals surface area contributed by atoms with Gasteiger partial charge < -0.3 is 9.64 Å². The Labute approximate surface area is 212 Å². The molecule has 6 rings (SSSR count). The van der Waals surface area contributed by atoms with Crippen LogP contribution in [0.15, 0.2) is 77.9 Å². The van der Waals surface area contributed by atoms with Crippen molar-refractivity contribution in [2.24, 2.45) is 0 Å². The first-order chi connectivity index (χ1) is 17.7. The van der Waals surface area contributed by atoms with Crippen molar-refractivity contribution < 1.29 is 14.3 Å². The minimum atomic E-state index is -0.674. The van der Waals surface area contributed by atoms with Crippen molar-refractivity contribution in [3.63, 3.8) is 0 Å². The summed E-state index contributed by atoms with van der Waals surface area (Å²) in [5, 5.41) is 5.82. The van der Waals surface area contributed by atoms with E-state index in [-0.39, 0.29) is 24.1 Å². The number of aryl methyl sites for hydroxylation is 1. The summed E-state index contributed by atoms with van der Waals surface area (Å²) in [6, 6.07) is 22.1. The first-order valence-electron chi connectivity index (χ1n) is 13.1. The summed E-state index contributed by atoms with van der Waals surface area (Å²) < 4.78 is 5.27. The molecule has 1 aliphatic heterocycles. The van der Waals surface area contributed by atoms with Crippen LogP contribution < -0.4 is 5.32 Å². The van der Waals surface area contributed by atoms with Gasteiger partial charge in [0, 0.05) is 5.57 Å². The van der Waals surface area contributed by atoms with E-state index in [1.807, 2.05) is 29.2 Å². The molecular formula is C31H32N2O3. The summed E-state index contributed by atoms with van der Waals surface area (Å²) in [6.07, 6.45) is 6.51. The standard InChI is InChI=1S/C31H32N2O3/c1-36-31(35)28(23-18-17-20-9-2-3-11-22(20)19-23)32-29-25-14-6-7-15-26(25)30(34)33(29)27-16-8-12-21-10-4-5-13-24(21)27/h2-5,9-11,13,17-19,27-29,32H,6-8,12,14-16H2,1H3/t27-,28+,29-/m0/s1. The molecule has 0 saturated carbocycles. The van der Waals surface area contributed by atoms with Crippen molar-refractivity contribution in [2.75, 3.05) is 7.11 Å². The number of methoxy groups -OCH3 is 1. The second-order valence-corrected chi connectivity index (χ2v) is 10.2. The Morgan fingerprint density at radius 2 is 1.72 bits per heavy atom. The zero-order valence-electron chi connectivity index (χ0n) is 20.7. The van der Waals surface area contributed by atoms with E-state index in [0.29, 0.717) is 0 Å². The van der Waals surface area contributed by atoms with Crippen molar-refractivity contribution in [3.8, 4) is 0 Å². The number of hydrogen-bond acceptors (Lipinski definition) is 4. The van der Waals surface area contributed by atoms with E-state index in [4.69, 9.17) is 4.74 Å². The van der Waals surface area contributed by atoms with Crippen molar-refractivity contribution in [3.05, 3.63) is 94.6 Å². The third kappa shape index (κ3) is 3.92. The number of rotatable bonds is 5. The second kappa shape index (κ2) is 9.55. The Hall–Kier alpha value is -3.44. The maximum atomic E-state index is 13.9. The highest BCUT2D eigenvalue weighted by Crippen LogP contribution is 2.44. The number of carbonyl (C=O) groups is 2. The molecule has 0 unspecified atom stereocenters. The van der Waals surface area contributed by atoms with Crippen LogP contribution in [-0.4, -0.2) is 30.1 Å². The minimum absolute atomic E-state index is 0.000417. The van der Waals surface area contributed by atoms with E-state index < -0.39 is 6.04 Å². The van der Waals surface area contributed by atoms with Gasteiger partial charge in [-0.3, -0.25) is 10.1 Å². The zero-order chi connectivity index (χ0) is 24.6. The highest BCUT2D eigenvalue weighted by molar-refractivity contribution is 5.98. The van der Waals surface area contributed by atoms with Gasteiger partial charge in [0.1, 0.15) is 12.2 Å². The Balaban J connectivity index is 1.41. The molecule has 3 atom stereocenters. The Kier molecular flexibility index (Phi) is 6.10. The monoisotopic (exact) mass is 480 g/mol. The quantitative estimate of drug-likeness (QED) is 0.472. The molecule has 184 valence electrons. The van der Waals surface area contributed by atoms with Crippen molar-refractivity contribution >= 4 is 22.6 Å². The summed E-state index contributed by atoms with van der Waals surface area (Å²) in [5.41, 5.74) is 5.52. The molecule has 0 saturated heterocycles. The smallest absolute Gasteiger partial charge is 0.327 e. The van der Waals surface area contributed by atoms with Gasteiger partial charge >= 0.3 is 5.97 Å². The third-order valence-corrected chi connectivity index (χ3v) is 8.15. The second-order valence-electron chi connectivity index (χ2n) is 10.2. The highest BCUT2D eigenvalue weighted by atomic mass is 16.5. The normalized spacial score (nSPS) is 22.4. The van der Waals surface area contributed by atoms with Gasteiger partial charge in [-0.1, -0.05) is 60.7 Å². The van der Waals surface area contributed by atoms with Crippen LogP contribution in [0, 0.1) is 0 Å². The number of fused-ring (bicyclic) bond motifs is 2. The summed E-state index contributed by atoms with van der Waals surface area (Å²) in [4.78, 5) is 29.1. The van der Waals surface area contributed by atoms with Crippen molar-refractivity contribution in [1.82, 2.24) is 10.2 Å². The molecule has 2 aliphatic carbocycles. The molecule has 0 radical (unpaired) electrons. The molecule has 0 aromatic heterocycles. The lowest BCUT2D eigenvalue weighted by atomic mass is 9.86. The SMILES string of the molecule is COC(=O)[C@H](N[C@@H]1C2=C(CCCC2)C(=O)N1[C@H]1CCCc2ccccc21)c1ccc2ccccc2c1. The highest BCUT2D eigenvalue weighted by Gasteiger charge is 2.45. The van der Waals surface area contributed by atoms with Crippen molar-refractivity contribution in [1.29, 1.82) is 0 Å². The molecule has 3 aliphatic rings. The largest absolute Gasteiger partial charge is 0.468 e. The van der Waals surface area contributed by atoms with Gasteiger partial charge in [-0.25, -0.2) is 4.79 Å². The van der Waals surface area contributed by atoms with Crippen LogP contribution in [0.3, 0.4) is 0 Å². The fraction of sp³-hybridized carbons (Fsp3) is 0.355. The summed E-state index contributed by atoms with van der Waals surface area (Å²) >= 11 is 0. The number of amides is 1. The van der Waals surface area contributed by atoms with E-state index in [1.165, 1.54) is 18.2 Å². The lowest BCUT2D eigenvalue weighted by Gasteiger charge is -2.39. The molecule has 1 amide bonds. The summed E-state index contributed by atoms with van der Waals surface area (Å²) in [6.45, 7) is 0. The lowest BCUT2D eigenvalue weighted by molar-refractivity contribution is -0.145. The minimum Gasteiger partial charge on any atom is -0.468 e. The zero-order valence-corrected chi connectivity index (χ0v) is 20.7. The lowest BCUT2D eigenvalue weighted by Crippen LogP contribution is -2.50. The van der Waals surface area contributed by atoms with E-state index in [0.717, 1.165) is 72.4 Å². The molecule has 3 aromatic carbocycles. The Bertz CT molecular complexity index is 1360. The van der Waals surface area contributed by atoms with E-state index in [2.05, 4.69) is 47.8 Å². The van der Waals surface area contributed by atoms with Gasteiger partial charge in [-0.05, 0) is 84.0 Å². The molecule has 5 heteroatoms. The van der Waals surface area contributed by atoms with E-state index in [9.17, 15) is 9.59 Å². The third-order valence-electron chi connectivity index (χ3n) is 8.15. The number of ether oxygens (including phenoxy) is 1. The molecule has 3 aromatic rings. The van der Waals surface area contributed by atoms with Gasteiger partial charge in [0.05, 0.1) is 13.2 Å². The summed E-state index contributed by atoms with van der Waals surface area (Å²) in [7, 11) is 1.43. The molecule has 0 fully saturated rings. The van der Waals surface area contributed by atoms with E-state index >= 15 is 0 Å². The number of nitrogens with one attached hydrogen (secondary N) is 1. The van der Waals surface area contributed by atoms with E-state index in [1.54, 1.807) is 0 Å². The molecule has 0 spiro atoms. The average Bonchev–Trinajstić information content (AvgIpc) is 3.21. The molecular weight excluding hydrogens is 448 g/mol. The maximum absolute atomic E-state index is 13.9. The van der Waals surface area contributed by atoms with Crippen LogP contribution in [0.25, 0.3) is 10.8 Å². The first kappa shape index (κ1) is 23.0. The number of esters is 1. The van der Waals surface area contributed by atoms with Crippen molar-refractivity contribution in [2.45, 2.75) is 63.2 Å². The van der Waals surface area contributed by atoms with Crippen LogP contribution in [0.5, 0.6) is 0 Å². The van der Waals surface area contributed by atoms with Crippen LogP contribution in [0.1, 0.15) is 67.3 Å². The molecule has 0 bridgehead atoms. The molecule has 1 heterocycles. The molecule has 36 heavy (non-hydrogen) atoms. The van der Waals surface area contributed by atoms with Gasteiger partial charge in [-0.2, -0.15) is 0 Å². The van der Waals surface area contributed by atoms with Gasteiger partial charge in [0.2, 0.25) is 0 Å².